The molecule has 1 saturated heterocycles. The normalized spacial score (nSPS) is 51.8. The molecule has 0 radical (unpaired) electrons. The molecule has 2 unspecified atom stereocenters. The molecule has 4 atom stereocenters. The maximum absolute atomic E-state index is 3.82. The minimum absolute atomic E-state index is 0.476. The number of piperidine rings is 1. The number of nitrogens with one attached hydrogen (secondary N) is 1. The molecular formula is C11H21N. The zero-order valence-corrected chi connectivity index (χ0v) is 8.56. The second-order valence-electron chi connectivity index (χ2n) is 4.86. The van der Waals surface area contributed by atoms with Crippen LogP contribution in [-0.2, 0) is 0 Å². The predicted octanol–water partition coefficient (Wildman–Crippen LogP) is 2.56. The molecule has 1 nitrogen and oxygen atoms in total. The molecule has 1 heterocycles. The van der Waals surface area contributed by atoms with E-state index in [-0.39, 0.29) is 0 Å². The summed E-state index contributed by atoms with van der Waals surface area (Å²) >= 11 is 0. The van der Waals surface area contributed by atoms with Gasteiger partial charge in [0.15, 0.2) is 0 Å². The van der Waals surface area contributed by atoms with Gasteiger partial charge in [0.25, 0.3) is 0 Å². The third-order valence-electron chi connectivity index (χ3n) is 4.09. The third-order valence-corrected chi connectivity index (χ3v) is 4.09. The highest BCUT2D eigenvalue weighted by Crippen LogP contribution is 2.53. The van der Waals surface area contributed by atoms with Crippen LogP contribution in [0.1, 0.15) is 46.5 Å². The lowest BCUT2D eigenvalue weighted by Gasteiger charge is -2.39. The minimum atomic E-state index is 0.476. The number of hydrogen-bond acceptors (Lipinski definition) is 1. The van der Waals surface area contributed by atoms with Gasteiger partial charge >= 0.3 is 0 Å². The van der Waals surface area contributed by atoms with E-state index in [1.54, 1.807) is 0 Å². The summed E-state index contributed by atoms with van der Waals surface area (Å²) in [6.45, 7) is 7.04. The SMILES string of the molecule is CCC1C[C@@H]2CC2[C@](C)(CC)N1. The molecule has 0 aromatic heterocycles. The Morgan fingerprint density at radius 3 is 2.67 bits per heavy atom. The zero-order chi connectivity index (χ0) is 8.77. The average Bonchev–Trinajstić information content (AvgIpc) is 2.84. The fourth-order valence-corrected chi connectivity index (χ4v) is 2.92. The van der Waals surface area contributed by atoms with E-state index in [4.69, 9.17) is 0 Å². The second-order valence-corrected chi connectivity index (χ2v) is 4.86. The van der Waals surface area contributed by atoms with Crippen LogP contribution >= 0.6 is 0 Å². The van der Waals surface area contributed by atoms with Crippen LogP contribution in [0.5, 0.6) is 0 Å². The van der Waals surface area contributed by atoms with Crippen molar-refractivity contribution in [1.29, 1.82) is 0 Å². The van der Waals surface area contributed by atoms with Gasteiger partial charge in [-0.1, -0.05) is 13.8 Å². The molecule has 0 aromatic rings. The average molecular weight is 167 g/mol. The van der Waals surface area contributed by atoms with Crippen molar-refractivity contribution in [3.63, 3.8) is 0 Å². The number of fused-ring (bicyclic) bond motifs is 1. The van der Waals surface area contributed by atoms with E-state index in [9.17, 15) is 0 Å². The van der Waals surface area contributed by atoms with Crippen molar-refractivity contribution in [1.82, 2.24) is 5.32 Å². The highest BCUT2D eigenvalue weighted by molar-refractivity contribution is 5.08. The molecular weight excluding hydrogens is 146 g/mol. The zero-order valence-electron chi connectivity index (χ0n) is 8.56. The summed E-state index contributed by atoms with van der Waals surface area (Å²) in [5.41, 5.74) is 0.476. The van der Waals surface area contributed by atoms with Gasteiger partial charge in [0.05, 0.1) is 0 Å². The molecule has 2 fully saturated rings. The molecule has 0 aromatic carbocycles. The maximum atomic E-state index is 3.82. The molecule has 1 heteroatoms. The lowest BCUT2D eigenvalue weighted by molar-refractivity contribution is 0.197. The van der Waals surface area contributed by atoms with E-state index in [1.807, 2.05) is 0 Å². The van der Waals surface area contributed by atoms with E-state index < -0.39 is 0 Å². The molecule has 2 rings (SSSR count). The lowest BCUT2D eigenvalue weighted by Crippen LogP contribution is -2.52. The minimum Gasteiger partial charge on any atom is -0.308 e. The smallest absolute Gasteiger partial charge is 0.0184 e. The highest BCUT2D eigenvalue weighted by atomic mass is 15.0. The maximum Gasteiger partial charge on any atom is 0.0184 e. The largest absolute Gasteiger partial charge is 0.308 e. The van der Waals surface area contributed by atoms with Gasteiger partial charge in [0, 0.05) is 11.6 Å². The lowest BCUT2D eigenvalue weighted by atomic mass is 9.84. The Hall–Kier alpha value is -0.0400. The molecule has 0 bridgehead atoms. The molecule has 1 aliphatic carbocycles. The van der Waals surface area contributed by atoms with Crippen LogP contribution in [0, 0.1) is 11.8 Å². The van der Waals surface area contributed by atoms with Gasteiger partial charge < -0.3 is 5.32 Å². The van der Waals surface area contributed by atoms with Gasteiger partial charge in [-0.05, 0) is 44.4 Å². The first-order chi connectivity index (χ1) is 5.69. The van der Waals surface area contributed by atoms with Crippen LogP contribution in [-0.4, -0.2) is 11.6 Å². The van der Waals surface area contributed by atoms with Crippen molar-refractivity contribution in [2.24, 2.45) is 11.8 Å². The van der Waals surface area contributed by atoms with Gasteiger partial charge in [0.1, 0.15) is 0 Å². The Morgan fingerprint density at radius 1 is 1.33 bits per heavy atom. The van der Waals surface area contributed by atoms with Gasteiger partial charge in [0.2, 0.25) is 0 Å². The summed E-state index contributed by atoms with van der Waals surface area (Å²) in [7, 11) is 0. The Bertz CT molecular complexity index is 178. The van der Waals surface area contributed by atoms with Crippen LogP contribution < -0.4 is 5.32 Å². The number of hydrogen-bond donors (Lipinski definition) is 1. The fraction of sp³-hybridized carbons (Fsp3) is 1.00. The van der Waals surface area contributed by atoms with Gasteiger partial charge in [-0.2, -0.15) is 0 Å². The Kier molecular flexibility index (Phi) is 1.95. The van der Waals surface area contributed by atoms with Crippen molar-refractivity contribution in [2.45, 2.75) is 58.0 Å². The molecule has 1 saturated carbocycles. The van der Waals surface area contributed by atoms with Crippen molar-refractivity contribution in [3.8, 4) is 0 Å². The van der Waals surface area contributed by atoms with E-state index >= 15 is 0 Å². The molecule has 0 spiro atoms. The second kappa shape index (κ2) is 2.73. The summed E-state index contributed by atoms with van der Waals surface area (Å²) in [6.07, 6.45) is 5.54. The first-order valence-electron chi connectivity index (χ1n) is 5.47. The van der Waals surface area contributed by atoms with E-state index in [1.165, 1.54) is 25.7 Å². The standard InChI is InChI=1S/C11H21N/c1-4-9-6-8-7-10(8)11(3,5-2)12-9/h8-10,12H,4-7H2,1-3H3/t8-,9?,10?,11+/m1/s1. The van der Waals surface area contributed by atoms with Crippen molar-refractivity contribution >= 4 is 0 Å². The van der Waals surface area contributed by atoms with Gasteiger partial charge in [-0.15, -0.1) is 0 Å². The summed E-state index contributed by atoms with van der Waals surface area (Å²) in [4.78, 5) is 0. The van der Waals surface area contributed by atoms with Gasteiger partial charge in [-0.25, -0.2) is 0 Å². The van der Waals surface area contributed by atoms with Crippen LogP contribution in [0.15, 0.2) is 0 Å². The van der Waals surface area contributed by atoms with E-state index in [0.29, 0.717) is 5.54 Å². The topological polar surface area (TPSA) is 12.0 Å². The van der Waals surface area contributed by atoms with Crippen LogP contribution in [0.2, 0.25) is 0 Å². The summed E-state index contributed by atoms with van der Waals surface area (Å²) in [6, 6.07) is 0.804. The Labute approximate surface area is 75.9 Å². The fourth-order valence-electron chi connectivity index (χ4n) is 2.92. The van der Waals surface area contributed by atoms with Crippen molar-refractivity contribution in [2.75, 3.05) is 0 Å². The van der Waals surface area contributed by atoms with E-state index in [2.05, 4.69) is 26.1 Å². The molecule has 2 aliphatic rings. The quantitative estimate of drug-likeness (QED) is 0.666. The monoisotopic (exact) mass is 167 g/mol. The molecule has 1 aliphatic heterocycles. The summed E-state index contributed by atoms with van der Waals surface area (Å²) in [5.74, 6) is 2.08. The van der Waals surface area contributed by atoms with Crippen LogP contribution in [0.3, 0.4) is 0 Å². The van der Waals surface area contributed by atoms with Crippen molar-refractivity contribution < 1.29 is 0 Å². The first-order valence-corrected chi connectivity index (χ1v) is 5.47. The van der Waals surface area contributed by atoms with Gasteiger partial charge in [-0.3, -0.25) is 0 Å². The Morgan fingerprint density at radius 2 is 2.08 bits per heavy atom. The third kappa shape index (κ3) is 1.19. The number of rotatable bonds is 2. The molecule has 0 amide bonds. The molecule has 70 valence electrons. The van der Waals surface area contributed by atoms with E-state index in [0.717, 1.165) is 17.9 Å². The summed E-state index contributed by atoms with van der Waals surface area (Å²) < 4.78 is 0. The Balaban J connectivity index is 2.05. The van der Waals surface area contributed by atoms with Crippen LogP contribution in [0.4, 0.5) is 0 Å². The first kappa shape index (κ1) is 8.55. The van der Waals surface area contributed by atoms with Crippen LogP contribution in [0.25, 0.3) is 0 Å². The predicted molar refractivity (Wildman–Crippen MR) is 52.1 cm³/mol. The molecule has 1 N–H and O–H groups in total. The van der Waals surface area contributed by atoms with Crippen molar-refractivity contribution in [3.05, 3.63) is 0 Å². The highest BCUT2D eigenvalue weighted by Gasteiger charge is 2.53. The summed E-state index contributed by atoms with van der Waals surface area (Å²) in [5, 5.41) is 3.82. The molecule has 12 heavy (non-hydrogen) atoms.